The van der Waals surface area contributed by atoms with Crippen LogP contribution in [0.15, 0.2) is 36.8 Å². The predicted molar refractivity (Wildman–Crippen MR) is 139 cm³/mol. The molecule has 0 spiro atoms. The topological polar surface area (TPSA) is 115 Å². The van der Waals surface area contributed by atoms with Crippen LogP contribution in [-0.4, -0.2) is 65.2 Å². The van der Waals surface area contributed by atoms with Crippen LogP contribution in [0.5, 0.6) is 5.88 Å². The summed E-state index contributed by atoms with van der Waals surface area (Å²) < 4.78 is 25.2. The largest absolute Gasteiger partial charge is 0.467 e. The van der Waals surface area contributed by atoms with Gasteiger partial charge in [0.15, 0.2) is 5.82 Å². The van der Waals surface area contributed by atoms with E-state index in [2.05, 4.69) is 25.2 Å². The average Bonchev–Trinajstić information content (AvgIpc) is 2.91. The average molecular weight is 549 g/mol. The van der Waals surface area contributed by atoms with E-state index >= 15 is 0 Å². The van der Waals surface area contributed by atoms with Crippen molar-refractivity contribution in [3.63, 3.8) is 0 Å². The van der Waals surface area contributed by atoms with Gasteiger partial charge in [0, 0.05) is 48.2 Å². The number of aromatic nitrogens is 3. The van der Waals surface area contributed by atoms with Crippen LogP contribution in [0.4, 0.5) is 10.2 Å². The van der Waals surface area contributed by atoms with Crippen LogP contribution in [-0.2, 0) is 4.74 Å². The third-order valence-electron chi connectivity index (χ3n) is 5.88. The summed E-state index contributed by atoms with van der Waals surface area (Å²) in [5.74, 6) is -0.812. The number of halogens is 3. The molecule has 12 heteroatoms. The minimum Gasteiger partial charge on any atom is -0.467 e. The highest BCUT2D eigenvalue weighted by atomic mass is 35.5. The van der Waals surface area contributed by atoms with Crippen LogP contribution in [0, 0.1) is 5.82 Å². The van der Waals surface area contributed by atoms with E-state index in [-0.39, 0.29) is 33.2 Å². The molecule has 3 heterocycles. The lowest BCUT2D eigenvalue weighted by molar-refractivity contribution is 0.0374. The molecule has 1 saturated heterocycles. The highest BCUT2D eigenvalue weighted by Gasteiger charge is 2.21. The first-order valence-corrected chi connectivity index (χ1v) is 12.6. The third kappa shape index (κ3) is 6.84. The number of nitrogen functional groups attached to an aromatic ring is 1. The summed E-state index contributed by atoms with van der Waals surface area (Å²) in [7, 11) is 0. The molecule has 3 aromatic rings. The molecule has 1 aliphatic rings. The summed E-state index contributed by atoms with van der Waals surface area (Å²) in [6.07, 6.45) is 4.56. The Kier molecular flexibility index (Phi) is 9.09. The van der Waals surface area contributed by atoms with Gasteiger partial charge in [-0.1, -0.05) is 23.2 Å². The first kappa shape index (κ1) is 27.0. The van der Waals surface area contributed by atoms with Gasteiger partial charge < -0.3 is 20.5 Å². The normalized spacial score (nSPS) is 14.8. The Balaban J connectivity index is 1.43. The lowest BCUT2D eigenvalue weighted by Crippen LogP contribution is -2.38. The maximum absolute atomic E-state index is 14.0. The molecule has 2 aromatic heterocycles. The maximum atomic E-state index is 14.0. The summed E-state index contributed by atoms with van der Waals surface area (Å²) in [4.78, 5) is 27.8. The van der Waals surface area contributed by atoms with Crippen molar-refractivity contribution in [2.75, 3.05) is 45.1 Å². The Morgan fingerprint density at radius 3 is 2.84 bits per heavy atom. The number of carbonyl (C=O) groups is 1. The summed E-state index contributed by atoms with van der Waals surface area (Å²) in [6.45, 7) is 6.41. The van der Waals surface area contributed by atoms with E-state index in [9.17, 15) is 9.18 Å². The fraction of sp³-hybridized carbons (Fsp3) is 0.360. The number of rotatable bonds is 9. The number of carbonyl (C=O) groups excluding carboxylic acids is 1. The van der Waals surface area contributed by atoms with Crippen molar-refractivity contribution in [1.29, 1.82) is 0 Å². The third-order valence-corrected chi connectivity index (χ3v) is 6.59. The quantitative estimate of drug-likeness (QED) is 0.302. The van der Waals surface area contributed by atoms with Gasteiger partial charge in [-0.3, -0.25) is 14.7 Å². The number of hydrogen-bond acceptors (Lipinski definition) is 8. The molecule has 196 valence electrons. The number of nitrogens with zero attached hydrogens (tertiary/aromatic N) is 4. The molecule has 1 fully saturated rings. The van der Waals surface area contributed by atoms with E-state index < -0.39 is 11.9 Å². The van der Waals surface area contributed by atoms with Gasteiger partial charge in [0.1, 0.15) is 11.9 Å². The van der Waals surface area contributed by atoms with Gasteiger partial charge in [-0.05, 0) is 38.1 Å². The first-order valence-electron chi connectivity index (χ1n) is 11.8. The Hall–Kier alpha value is -3.05. The van der Waals surface area contributed by atoms with Crippen LogP contribution in [0.2, 0.25) is 10.0 Å². The Morgan fingerprint density at radius 1 is 1.27 bits per heavy atom. The molecule has 9 nitrogen and oxygen atoms in total. The van der Waals surface area contributed by atoms with Gasteiger partial charge in [0.25, 0.3) is 11.8 Å². The van der Waals surface area contributed by atoms with Crippen LogP contribution < -0.4 is 15.8 Å². The maximum Gasteiger partial charge on any atom is 0.258 e. The number of ether oxygens (including phenoxy) is 2. The van der Waals surface area contributed by atoms with Gasteiger partial charge in [-0.15, -0.1) is 0 Å². The van der Waals surface area contributed by atoms with Crippen LogP contribution in [0.25, 0.3) is 11.3 Å². The second-order valence-electron chi connectivity index (χ2n) is 8.49. The SMILES string of the molecule is CC(Oc1nc(-c2cncc(C(=O)NCCCN3CCOCC3)c2)cnc1N)c1c(Cl)ccc(F)c1Cl. The van der Waals surface area contributed by atoms with Crippen molar-refractivity contribution in [2.24, 2.45) is 0 Å². The lowest BCUT2D eigenvalue weighted by Gasteiger charge is -2.26. The molecule has 0 radical (unpaired) electrons. The zero-order valence-corrected chi connectivity index (χ0v) is 21.7. The van der Waals surface area contributed by atoms with E-state index in [1.165, 1.54) is 24.5 Å². The predicted octanol–water partition coefficient (Wildman–Crippen LogP) is 4.16. The molecule has 1 unspecified atom stereocenters. The molecule has 1 amide bonds. The van der Waals surface area contributed by atoms with Gasteiger partial charge in [-0.2, -0.15) is 0 Å². The Bertz CT molecular complexity index is 1260. The van der Waals surface area contributed by atoms with Crippen molar-refractivity contribution in [1.82, 2.24) is 25.2 Å². The highest BCUT2D eigenvalue weighted by Crippen LogP contribution is 2.35. The van der Waals surface area contributed by atoms with Gasteiger partial charge in [-0.25, -0.2) is 14.4 Å². The monoisotopic (exact) mass is 548 g/mol. The standard InChI is InChI=1S/C25H27Cl2FN6O3/c1-15(21-18(26)3-4-19(28)22(21)27)37-25-23(29)32-14-20(33-25)16-11-17(13-30-12-16)24(35)31-5-2-6-34-7-9-36-10-8-34/h3-4,11-15H,2,5-10H2,1H3,(H2,29,32)(H,31,35). The molecule has 37 heavy (non-hydrogen) atoms. The summed E-state index contributed by atoms with van der Waals surface area (Å²) in [6, 6.07) is 4.24. The van der Waals surface area contributed by atoms with E-state index in [1.807, 2.05) is 0 Å². The Morgan fingerprint density at radius 2 is 2.05 bits per heavy atom. The van der Waals surface area contributed by atoms with E-state index in [0.29, 0.717) is 23.4 Å². The fourth-order valence-corrected chi connectivity index (χ4v) is 4.56. The number of nitrogens with one attached hydrogen (secondary N) is 1. The zero-order valence-electron chi connectivity index (χ0n) is 20.2. The number of anilines is 1. The first-order chi connectivity index (χ1) is 17.8. The minimum absolute atomic E-state index is 0.0133. The van der Waals surface area contributed by atoms with Gasteiger partial charge in [0.05, 0.1) is 35.7 Å². The van der Waals surface area contributed by atoms with Crippen molar-refractivity contribution < 1.29 is 18.7 Å². The molecular formula is C25H27Cl2FN6O3. The number of hydrogen-bond donors (Lipinski definition) is 2. The van der Waals surface area contributed by atoms with Crippen LogP contribution in [0.3, 0.4) is 0 Å². The van der Waals surface area contributed by atoms with Crippen molar-refractivity contribution in [2.45, 2.75) is 19.4 Å². The van der Waals surface area contributed by atoms with Crippen molar-refractivity contribution in [3.8, 4) is 17.1 Å². The summed E-state index contributed by atoms with van der Waals surface area (Å²) in [5.41, 5.74) is 7.56. The smallest absolute Gasteiger partial charge is 0.258 e. The van der Waals surface area contributed by atoms with E-state index in [4.69, 9.17) is 38.4 Å². The molecule has 1 aliphatic heterocycles. The number of nitrogens with two attached hydrogens (primary N) is 1. The number of pyridine rings is 1. The van der Waals surface area contributed by atoms with Gasteiger partial charge in [0.2, 0.25) is 0 Å². The highest BCUT2D eigenvalue weighted by molar-refractivity contribution is 6.36. The van der Waals surface area contributed by atoms with Crippen LogP contribution >= 0.6 is 23.2 Å². The van der Waals surface area contributed by atoms with Crippen LogP contribution in [0.1, 0.15) is 35.4 Å². The number of morpholine rings is 1. The number of amides is 1. The fourth-order valence-electron chi connectivity index (χ4n) is 3.88. The van der Waals surface area contributed by atoms with Gasteiger partial charge >= 0.3 is 0 Å². The molecule has 1 atom stereocenters. The number of benzene rings is 1. The molecule has 4 rings (SSSR count). The molecule has 1 aromatic carbocycles. The molecule has 3 N–H and O–H groups in total. The molecule has 0 aliphatic carbocycles. The molecule has 0 bridgehead atoms. The zero-order chi connectivity index (χ0) is 26.4. The molecular weight excluding hydrogens is 522 g/mol. The van der Waals surface area contributed by atoms with E-state index in [0.717, 1.165) is 39.3 Å². The summed E-state index contributed by atoms with van der Waals surface area (Å²) >= 11 is 12.3. The Labute approximate surface area is 224 Å². The lowest BCUT2D eigenvalue weighted by atomic mass is 10.1. The minimum atomic E-state index is -0.768. The summed E-state index contributed by atoms with van der Waals surface area (Å²) in [5, 5.41) is 3.03. The second-order valence-corrected chi connectivity index (χ2v) is 9.27. The van der Waals surface area contributed by atoms with Crippen molar-refractivity contribution >= 4 is 34.9 Å². The molecule has 0 saturated carbocycles. The second kappa shape index (κ2) is 12.5. The van der Waals surface area contributed by atoms with Crippen molar-refractivity contribution in [3.05, 3.63) is 63.8 Å². The van der Waals surface area contributed by atoms with E-state index in [1.54, 1.807) is 19.2 Å².